The van der Waals surface area contributed by atoms with Crippen molar-refractivity contribution in [1.82, 2.24) is 5.32 Å². The second kappa shape index (κ2) is 10.8. The van der Waals surface area contributed by atoms with Gasteiger partial charge in [0.15, 0.2) is 0 Å². The summed E-state index contributed by atoms with van der Waals surface area (Å²) in [5, 5.41) is 12.3. The van der Waals surface area contributed by atoms with Gasteiger partial charge in [0.05, 0.1) is 17.7 Å². The number of carbonyl (C=O) groups is 2. The Kier molecular flexibility index (Phi) is 8.03. The van der Waals surface area contributed by atoms with Crippen molar-refractivity contribution in [3.63, 3.8) is 0 Å². The third kappa shape index (κ3) is 5.93. The van der Waals surface area contributed by atoms with Gasteiger partial charge in [0, 0.05) is 11.6 Å². The topological polar surface area (TPSA) is 113 Å². The van der Waals surface area contributed by atoms with E-state index in [0.29, 0.717) is 21.8 Å². The van der Waals surface area contributed by atoms with Crippen LogP contribution in [0.25, 0.3) is 0 Å². The molecule has 3 aromatic carbocycles. The minimum atomic E-state index is -4.09. The molecule has 1 amide bonds. The molecule has 0 aromatic heterocycles. The fraction of sp³-hybridized carbons (Fsp3) is 0.200. The maximum Gasteiger partial charge on any atom is 0.339 e. The molecular formula is C25H25ClN2O6S. The van der Waals surface area contributed by atoms with Crippen molar-refractivity contribution in [2.24, 2.45) is 0 Å². The summed E-state index contributed by atoms with van der Waals surface area (Å²) in [5.74, 6) is -1.53. The molecule has 0 unspecified atom stereocenters. The zero-order valence-electron chi connectivity index (χ0n) is 19.4. The number of methoxy groups -OCH3 is 1. The molecule has 3 aromatic rings. The van der Waals surface area contributed by atoms with E-state index in [1.165, 1.54) is 31.4 Å². The maximum absolute atomic E-state index is 13.5. The zero-order chi connectivity index (χ0) is 25.8. The predicted octanol–water partition coefficient (Wildman–Crippen LogP) is 4.18. The van der Waals surface area contributed by atoms with Gasteiger partial charge in [-0.1, -0.05) is 41.4 Å². The van der Waals surface area contributed by atoms with Gasteiger partial charge in [0.25, 0.3) is 10.0 Å². The average molecular weight is 517 g/mol. The summed E-state index contributed by atoms with van der Waals surface area (Å²) in [4.78, 5) is 24.2. The maximum atomic E-state index is 13.5. The SMILES string of the molecule is COc1cc(CNC(=O)CN(c2cccc(Cl)c2C)S(=O)(=O)c2ccc(C)cc2)ccc1C(=O)O. The lowest BCUT2D eigenvalue weighted by Crippen LogP contribution is -2.41. The van der Waals surface area contributed by atoms with Crippen LogP contribution in [-0.4, -0.2) is 39.1 Å². The highest BCUT2D eigenvalue weighted by atomic mass is 35.5. The number of benzene rings is 3. The van der Waals surface area contributed by atoms with Crippen molar-refractivity contribution in [1.29, 1.82) is 0 Å². The van der Waals surface area contributed by atoms with Crippen molar-refractivity contribution in [3.05, 3.63) is 87.9 Å². The van der Waals surface area contributed by atoms with Crippen LogP contribution >= 0.6 is 11.6 Å². The van der Waals surface area contributed by atoms with E-state index in [-0.39, 0.29) is 22.8 Å². The fourth-order valence-electron chi connectivity index (χ4n) is 3.41. The number of halogens is 1. The van der Waals surface area contributed by atoms with Gasteiger partial charge in [-0.2, -0.15) is 0 Å². The molecule has 2 N–H and O–H groups in total. The van der Waals surface area contributed by atoms with Crippen LogP contribution in [0.1, 0.15) is 27.0 Å². The molecule has 3 rings (SSSR count). The number of anilines is 1. The number of hydrogen-bond acceptors (Lipinski definition) is 5. The molecule has 0 saturated heterocycles. The Hall–Kier alpha value is -3.56. The molecule has 0 aliphatic carbocycles. The van der Waals surface area contributed by atoms with Crippen LogP contribution in [0.3, 0.4) is 0 Å². The normalized spacial score (nSPS) is 11.1. The standard InChI is InChI=1S/C25H25ClN2O6S/c1-16-7-10-19(11-8-16)35(32,33)28(22-6-4-5-21(26)17(22)2)15-24(29)27-14-18-9-12-20(25(30)31)23(13-18)34-3/h4-13H,14-15H2,1-3H3,(H,27,29)(H,30,31). The fourth-order valence-corrected chi connectivity index (χ4v) is 5.06. The van der Waals surface area contributed by atoms with Gasteiger partial charge in [-0.25, -0.2) is 13.2 Å². The zero-order valence-corrected chi connectivity index (χ0v) is 21.0. The smallest absolute Gasteiger partial charge is 0.339 e. The van der Waals surface area contributed by atoms with Gasteiger partial charge < -0.3 is 15.2 Å². The van der Waals surface area contributed by atoms with E-state index in [9.17, 15) is 23.1 Å². The first kappa shape index (κ1) is 26.1. The van der Waals surface area contributed by atoms with E-state index in [1.54, 1.807) is 43.3 Å². The molecule has 0 radical (unpaired) electrons. The van der Waals surface area contributed by atoms with Crippen LogP contribution in [0.4, 0.5) is 5.69 Å². The molecule has 0 fully saturated rings. The second-order valence-corrected chi connectivity index (χ2v) is 10.1. The lowest BCUT2D eigenvalue weighted by atomic mass is 10.1. The summed E-state index contributed by atoms with van der Waals surface area (Å²) >= 11 is 6.24. The number of carbonyl (C=O) groups excluding carboxylic acids is 1. The summed E-state index contributed by atoms with van der Waals surface area (Å²) < 4.78 is 33.2. The summed E-state index contributed by atoms with van der Waals surface area (Å²) in [6, 6.07) is 15.6. The summed E-state index contributed by atoms with van der Waals surface area (Å²) in [6.45, 7) is 3.09. The Bertz CT molecular complexity index is 1360. The molecule has 184 valence electrons. The number of carboxylic acids is 1. The minimum Gasteiger partial charge on any atom is -0.496 e. The molecule has 0 bridgehead atoms. The van der Waals surface area contributed by atoms with Crippen LogP contribution < -0.4 is 14.4 Å². The highest BCUT2D eigenvalue weighted by Crippen LogP contribution is 2.31. The highest BCUT2D eigenvalue weighted by molar-refractivity contribution is 7.92. The van der Waals surface area contributed by atoms with E-state index >= 15 is 0 Å². The molecule has 0 spiro atoms. The van der Waals surface area contributed by atoms with Crippen molar-refractivity contribution in [2.45, 2.75) is 25.3 Å². The van der Waals surface area contributed by atoms with E-state index in [0.717, 1.165) is 9.87 Å². The average Bonchev–Trinajstić information content (AvgIpc) is 2.83. The molecule has 10 heteroatoms. The number of nitrogens with zero attached hydrogens (tertiary/aromatic N) is 1. The predicted molar refractivity (Wildman–Crippen MR) is 134 cm³/mol. The summed E-state index contributed by atoms with van der Waals surface area (Å²) in [5.41, 5.74) is 2.30. The summed E-state index contributed by atoms with van der Waals surface area (Å²) in [6.07, 6.45) is 0. The number of aromatic carboxylic acids is 1. The van der Waals surface area contributed by atoms with E-state index in [2.05, 4.69) is 5.32 Å². The largest absolute Gasteiger partial charge is 0.496 e. The van der Waals surface area contributed by atoms with Crippen molar-refractivity contribution >= 4 is 39.2 Å². The van der Waals surface area contributed by atoms with Gasteiger partial charge in [0.2, 0.25) is 5.91 Å². The van der Waals surface area contributed by atoms with E-state index in [4.69, 9.17) is 16.3 Å². The van der Waals surface area contributed by atoms with E-state index < -0.39 is 28.4 Å². The molecule has 8 nitrogen and oxygen atoms in total. The lowest BCUT2D eigenvalue weighted by molar-refractivity contribution is -0.119. The van der Waals surface area contributed by atoms with Crippen molar-refractivity contribution < 1.29 is 27.9 Å². The first-order chi connectivity index (χ1) is 16.5. The first-order valence-electron chi connectivity index (χ1n) is 10.6. The summed E-state index contributed by atoms with van der Waals surface area (Å²) in [7, 11) is -2.73. The van der Waals surface area contributed by atoms with Gasteiger partial charge in [0.1, 0.15) is 17.9 Å². The molecule has 0 aliphatic heterocycles. The van der Waals surface area contributed by atoms with E-state index in [1.807, 2.05) is 6.92 Å². The number of hydrogen-bond donors (Lipinski definition) is 2. The van der Waals surface area contributed by atoms with Crippen LogP contribution in [0.15, 0.2) is 65.6 Å². The first-order valence-corrected chi connectivity index (χ1v) is 12.4. The van der Waals surface area contributed by atoms with Gasteiger partial charge in [-0.3, -0.25) is 9.10 Å². The Balaban J connectivity index is 1.88. The van der Waals surface area contributed by atoms with Crippen LogP contribution in [0.5, 0.6) is 5.75 Å². The molecular weight excluding hydrogens is 492 g/mol. The number of rotatable bonds is 9. The van der Waals surface area contributed by atoms with Gasteiger partial charge in [-0.15, -0.1) is 0 Å². The van der Waals surface area contributed by atoms with Gasteiger partial charge >= 0.3 is 5.97 Å². The van der Waals surface area contributed by atoms with Gasteiger partial charge in [-0.05, 0) is 61.4 Å². The van der Waals surface area contributed by atoms with Crippen LogP contribution in [-0.2, 0) is 21.4 Å². The van der Waals surface area contributed by atoms with Crippen LogP contribution in [0.2, 0.25) is 5.02 Å². The molecule has 0 atom stereocenters. The van der Waals surface area contributed by atoms with Crippen LogP contribution in [0, 0.1) is 13.8 Å². The Morgan fingerprint density at radius 1 is 1.06 bits per heavy atom. The number of nitrogens with one attached hydrogen (secondary N) is 1. The number of amides is 1. The molecule has 0 heterocycles. The number of aryl methyl sites for hydroxylation is 1. The molecule has 0 saturated carbocycles. The Labute approximate surface area is 209 Å². The van der Waals surface area contributed by atoms with Crippen molar-refractivity contribution in [3.8, 4) is 5.75 Å². The molecule has 35 heavy (non-hydrogen) atoms. The quantitative estimate of drug-likeness (QED) is 0.441. The number of sulfonamides is 1. The minimum absolute atomic E-state index is 0.00521. The monoisotopic (exact) mass is 516 g/mol. The van der Waals surface area contributed by atoms with Crippen molar-refractivity contribution in [2.75, 3.05) is 18.0 Å². The Morgan fingerprint density at radius 2 is 1.74 bits per heavy atom. The highest BCUT2D eigenvalue weighted by Gasteiger charge is 2.28. The number of ether oxygens (including phenoxy) is 1. The second-order valence-electron chi connectivity index (χ2n) is 7.83. The molecule has 0 aliphatic rings. The third-order valence-corrected chi connectivity index (χ3v) is 7.57. The number of carboxylic acid groups (broad SMARTS) is 1. The third-order valence-electron chi connectivity index (χ3n) is 5.39. The Morgan fingerprint density at radius 3 is 2.37 bits per heavy atom. The lowest BCUT2D eigenvalue weighted by Gasteiger charge is -2.26.